The van der Waals surface area contributed by atoms with Gasteiger partial charge < -0.3 is 4.90 Å². The summed E-state index contributed by atoms with van der Waals surface area (Å²) < 4.78 is 0. The first-order valence-corrected chi connectivity index (χ1v) is 7.13. The molecule has 1 aromatic heterocycles. The highest BCUT2D eigenvalue weighted by molar-refractivity contribution is 5.82. The van der Waals surface area contributed by atoms with Crippen molar-refractivity contribution in [3.05, 3.63) is 12.2 Å². The van der Waals surface area contributed by atoms with Crippen LogP contribution in [0.3, 0.4) is 0 Å². The van der Waals surface area contributed by atoms with E-state index in [9.17, 15) is 4.79 Å². The van der Waals surface area contributed by atoms with Crippen LogP contribution in [0.15, 0.2) is 6.33 Å². The zero-order chi connectivity index (χ0) is 13.9. The first-order valence-electron chi connectivity index (χ1n) is 7.13. The third-order valence-corrected chi connectivity index (χ3v) is 4.01. The lowest BCUT2D eigenvalue weighted by atomic mass is 9.77. The van der Waals surface area contributed by atoms with Crippen molar-refractivity contribution in [1.29, 1.82) is 0 Å². The monoisotopic (exact) mass is 264 g/mol. The number of amides is 1. The number of rotatable bonds is 5. The molecule has 0 aromatic carbocycles. The zero-order valence-electron chi connectivity index (χ0n) is 12.1. The van der Waals surface area contributed by atoms with Crippen molar-refractivity contribution >= 4 is 5.91 Å². The normalized spacial score (nSPS) is 17.9. The summed E-state index contributed by atoms with van der Waals surface area (Å²) in [5, 5.41) is 6.64. The Morgan fingerprint density at radius 1 is 1.47 bits per heavy atom. The van der Waals surface area contributed by atoms with Crippen LogP contribution < -0.4 is 0 Å². The van der Waals surface area contributed by atoms with Crippen LogP contribution >= 0.6 is 0 Å². The Morgan fingerprint density at radius 2 is 2.16 bits per heavy atom. The molecule has 0 radical (unpaired) electrons. The molecule has 1 heterocycles. The number of hydrogen-bond acceptors (Lipinski definition) is 3. The molecule has 1 aliphatic rings. The van der Waals surface area contributed by atoms with Crippen LogP contribution in [0.1, 0.15) is 51.8 Å². The number of aromatic amines is 1. The molecule has 0 aliphatic heterocycles. The molecule has 2 rings (SSSR count). The molecule has 0 saturated heterocycles. The minimum absolute atomic E-state index is 0.136. The van der Waals surface area contributed by atoms with Crippen molar-refractivity contribution in [2.24, 2.45) is 11.3 Å². The standard InChI is InChI=1S/C14H24N4O/c1-11(2)8-14(6-4-5-7-14)13(19)18(3)9-12-15-10-16-17-12/h10-11H,4-9H2,1-3H3,(H,15,16,17). The molecule has 0 unspecified atom stereocenters. The first kappa shape index (κ1) is 14.0. The number of nitrogens with one attached hydrogen (secondary N) is 1. The first-order chi connectivity index (χ1) is 9.03. The molecule has 1 aromatic rings. The van der Waals surface area contributed by atoms with Gasteiger partial charge in [-0.05, 0) is 25.2 Å². The largest absolute Gasteiger partial charge is 0.338 e. The van der Waals surface area contributed by atoms with Gasteiger partial charge in [-0.3, -0.25) is 9.89 Å². The van der Waals surface area contributed by atoms with E-state index in [1.165, 1.54) is 19.2 Å². The van der Waals surface area contributed by atoms with Gasteiger partial charge in [-0.2, -0.15) is 5.10 Å². The summed E-state index contributed by atoms with van der Waals surface area (Å²) in [7, 11) is 1.87. The zero-order valence-corrected chi connectivity index (χ0v) is 12.1. The van der Waals surface area contributed by atoms with E-state index >= 15 is 0 Å². The number of carbonyl (C=O) groups excluding carboxylic acids is 1. The van der Waals surface area contributed by atoms with Gasteiger partial charge in [-0.1, -0.05) is 26.7 Å². The molecule has 1 amide bonds. The molecule has 1 fully saturated rings. The highest BCUT2D eigenvalue weighted by atomic mass is 16.2. The lowest BCUT2D eigenvalue weighted by Crippen LogP contribution is -2.41. The Labute approximate surface area is 114 Å². The Balaban J connectivity index is 2.06. The summed E-state index contributed by atoms with van der Waals surface area (Å²) >= 11 is 0. The Morgan fingerprint density at radius 3 is 2.68 bits per heavy atom. The molecular formula is C14H24N4O. The molecule has 1 N–H and O–H groups in total. The molecule has 106 valence electrons. The number of nitrogens with zero attached hydrogens (tertiary/aromatic N) is 3. The van der Waals surface area contributed by atoms with Crippen molar-refractivity contribution < 1.29 is 4.79 Å². The second kappa shape index (κ2) is 5.72. The maximum Gasteiger partial charge on any atom is 0.228 e. The fraction of sp³-hybridized carbons (Fsp3) is 0.786. The van der Waals surface area contributed by atoms with Gasteiger partial charge in [0.05, 0.1) is 6.54 Å². The van der Waals surface area contributed by atoms with Crippen LogP contribution in [-0.4, -0.2) is 33.0 Å². The lowest BCUT2D eigenvalue weighted by molar-refractivity contribution is -0.142. The minimum atomic E-state index is -0.136. The minimum Gasteiger partial charge on any atom is -0.338 e. The third-order valence-electron chi connectivity index (χ3n) is 4.01. The topological polar surface area (TPSA) is 61.9 Å². The Hall–Kier alpha value is -1.39. The SMILES string of the molecule is CC(C)CC1(C(=O)N(C)Cc2ncn[nH]2)CCCC1. The van der Waals surface area contributed by atoms with E-state index < -0.39 is 0 Å². The predicted octanol–water partition coefficient (Wildman–Crippen LogP) is 2.37. The molecule has 19 heavy (non-hydrogen) atoms. The van der Waals surface area contributed by atoms with Crippen molar-refractivity contribution in [3.63, 3.8) is 0 Å². The molecule has 1 saturated carbocycles. The maximum atomic E-state index is 12.8. The van der Waals surface area contributed by atoms with E-state index in [1.54, 1.807) is 4.90 Å². The van der Waals surface area contributed by atoms with Crippen LogP contribution in [0, 0.1) is 11.3 Å². The van der Waals surface area contributed by atoms with Crippen LogP contribution in [0.2, 0.25) is 0 Å². The van der Waals surface area contributed by atoms with Gasteiger partial charge in [0.25, 0.3) is 0 Å². The second-order valence-electron chi connectivity index (χ2n) is 6.18. The van der Waals surface area contributed by atoms with E-state index in [2.05, 4.69) is 29.0 Å². The second-order valence-corrected chi connectivity index (χ2v) is 6.18. The quantitative estimate of drug-likeness (QED) is 0.888. The van der Waals surface area contributed by atoms with Gasteiger partial charge >= 0.3 is 0 Å². The van der Waals surface area contributed by atoms with E-state index in [0.29, 0.717) is 12.5 Å². The van der Waals surface area contributed by atoms with Gasteiger partial charge in [0, 0.05) is 12.5 Å². The van der Waals surface area contributed by atoms with Crippen LogP contribution in [0.25, 0.3) is 0 Å². The van der Waals surface area contributed by atoms with Gasteiger partial charge in [-0.25, -0.2) is 4.98 Å². The summed E-state index contributed by atoms with van der Waals surface area (Å²) in [5.74, 6) is 1.57. The van der Waals surface area contributed by atoms with Crippen molar-refractivity contribution in [1.82, 2.24) is 20.1 Å². The average molecular weight is 264 g/mol. The number of H-pyrrole nitrogens is 1. The number of aromatic nitrogens is 3. The fourth-order valence-corrected chi connectivity index (χ4v) is 3.35. The molecule has 0 spiro atoms. The smallest absolute Gasteiger partial charge is 0.228 e. The summed E-state index contributed by atoms with van der Waals surface area (Å²) in [4.78, 5) is 18.7. The summed E-state index contributed by atoms with van der Waals surface area (Å²) in [6.45, 7) is 4.91. The van der Waals surface area contributed by atoms with E-state index in [4.69, 9.17) is 0 Å². The molecule has 5 nitrogen and oxygen atoms in total. The number of hydrogen-bond donors (Lipinski definition) is 1. The van der Waals surface area contributed by atoms with Gasteiger partial charge in [0.15, 0.2) is 0 Å². The summed E-state index contributed by atoms with van der Waals surface area (Å²) in [5.41, 5.74) is -0.136. The number of carbonyl (C=O) groups is 1. The van der Waals surface area contributed by atoms with E-state index in [0.717, 1.165) is 25.1 Å². The van der Waals surface area contributed by atoms with E-state index in [-0.39, 0.29) is 11.3 Å². The maximum absolute atomic E-state index is 12.8. The predicted molar refractivity (Wildman–Crippen MR) is 73.2 cm³/mol. The summed E-state index contributed by atoms with van der Waals surface area (Å²) in [6.07, 6.45) is 6.89. The highest BCUT2D eigenvalue weighted by Crippen LogP contribution is 2.44. The van der Waals surface area contributed by atoms with Gasteiger partial charge in [0.1, 0.15) is 12.2 Å². The average Bonchev–Trinajstić information content (AvgIpc) is 2.99. The Kier molecular flexibility index (Phi) is 4.22. The third kappa shape index (κ3) is 3.14. The molecule has 1 aliphatic carbocycles. The molecular weight excluding hydrogens is 240 g/mol. The van der Waals surface area contributed by atoms with Crippen LogP contribution in [0.4, 0.5) is 0 Å². The van der Waals surface area contributed by atoms with Crippen molar-refractivity contribution in [3.8, 4) is 0 Å². The molecule has 0 bridgehead atoms. The fourth-order valence-electron chi connectivity index (χ4n) is 3.35. The van der Waals surface area contributed by atoms with Gasteiger partial charge in [-0.15, -0.1) is 0 Å². The Bertz CT molecular complexity index is 407. The van der Waals surface area contributed by atoms with E-state index in [1.807, 2.05) is 7.05 Å². The summed E-state index contributed by atoms with van der Waals surface area (Å²) in [6, 6.07) is 0. The van der Waals surface area contributed by atoms with Gasteiger partial charge in [0.2, 0.25) is 5.91 Å². The van der Waals surface area contributed by atoms with Crippen LogP contribution in [0.5, 0.6) is 0 Å². The molecule has 5 heteroatoms. The molecule has 0 atom stereocenters. The van der Waals surface area contributed by atoms with Crippen LogP contribution in [-0.2, 0) is 11.3 Å². The highest BCUT2D eigenvalue weighted by Gasteiger charge is 2.42. The van der Waals surface area contributed by atoms with Crippen molar-refractivity contribution in [2.75, 3.05) is 7.05 Å². The lowest BCUT2D eigenvalue weighted by Gasteiger charge is -2.33. The van der Waals surface area contributed by atoms with Crippen molar-refractivity contribution in [2.45, 2.75) is 52.5 Å².